The molecule has 0 amide bonds. The minimum Gasteiger partial charge on any atom is -0.456 e. The average molecular weight is 373 g/mol. The second kappa shape index (κ2) is 7.23. The van der Waals surface area contributed by atoms with Gasteiger partial charge in [-0.05, 0) is 52.2 Å². The zero-order valence-corrected chi connectivity index (χ0v) is 15.7. The Labute approximate surface area is 157 Å². The number of rotatable bonds is 3. The smallest absolute Gasteiger partial charge is 0.341 e. The molecule has 1 aromatic heterocycles. The topological polar surface area (TPSA) is 98.3 Å². The van der Waals surface area contributed by atoms with E-state index in [0.717, 1.165) is 18.5 Å². The largest absolute Gasteiger partial charge is 0.456 e. The van der Waals surface area contributed by atoms with Crippen LogP contribution >= 0.6 is 0 Å². The molecule has 0 aliphatic heterocycles. The van der Waals surface area contributed by atoms with Gasteiger partial charge in [-0.25, -0.2) is 19.2 Å². The van der Waals surface area contributed by atoms with E-state index in [-0.39, 0.29) is 23.4 Å². The summed E-state index contributed by atoms with van der Waals surface area (Å²) < 4.78 is 19.7. The second-order valence-electron chi connectivity index (χ2n) is 7.89. The summed E-state index contributed by atoms with van der Waals surface area (Å²) in [5.74, 6) is -1.14. The number of nitrogens with two attached hydrogens (primary N) is 1. The van der Waals surface area contributed by atoms with Crippen LogP contribution in [-0.4, -0.2) is 32.7 Å². The van der Waals surface area contributed by atoms with Gasteiger partial charge in [-0.15, -0.1) is 0 Å². The highest BCUT2D eigenvalue weighted by molar-refractivity contribution is 5.90. The molecule has 1 fully saturated rings. The molecule has 1 aliphatic carbocycles. The Balaban J connectivity index is 1.90. The maximum absolute atomic E-state index is 14.5. The van der Waals surface area contributed by atoms with Gasteiger partial charge in [0.1, 0.15) is 22.9 Å². The number of anilines is 1. The molecule has 1 aliphatic rings. The van der Waals surface area contributed by atoms with E-state index >= 15 is 0 Å². The number of nitrogens with zero attached hydrogens (tertiary/aromatic N) is 2. The van der Waals surface area contributed by atoms with Crippen LogP contribution in [0.3, 0.4) is 0 Å². The van der Waals surface area contributed by atoms with Gasteiger partial charge in [0.25, 0.3) is 0 Å². The number of hydrogen-bond donors (Lipinski definition) is 2. The number of carbonyl (C=O) groups excluding carboxylic acids is 1. The van der Waals surface area contributed by atoms with Gasteiger partial charge in [0, 0.05) is 11.5 Å². The average Bonchev–Trinajstić information content (AvgIpc) is 3.00. The Morgan fingerprint density at radius 3 is 2.67 bits per heavy atom. The number of aliphatic hydroxyl groups is 1. The van der Waals surface area contributed by atoms with Crippen molar-refractivity contribution in [2.45, 2.75) is 57.7 Å². The normalized spacial score (nSPS) is 19.9. The first-order valence-electron chi connectivity index (χ1n) is 8.98. The predicted octanol–water partition coefficient (Wildman–Crippen LogP) is 3.45. The third-order valence-corrected chi connectivity index (χ3v) is 4.50. The molecule has 0 bridgehead atoms. The minimum absolute atomic E-state index is 0.109. The minimum atomic E-state index is -0.723. The van der Waals surface area contributed by atoms with Crippen molar-refractivity contribution >= 4 is 11.8 Å². The molecule has 1 saturated carbocycles. The highest BCUT2D eigenvalue weighted by Crippen LogP contribution is 2.35. The van der Waals surface area contributed by atoms with E-state index in [2.05, 4.69) is 9.97 Å². The van der Waals surface area contributed by atoms with Crippen LogP contribution in [0.4, 0.5) is 10.2 Å². The molecule has 3 rings (SSSR count). The third-order valence-electron chi connectivity index (χ3n) is 4.50. The fourth-order valence-electron chi connectivity index (χ4n) is 3.21. The Kier molecular flexibility index (Phi) is 5.15. The number of esters is 1. The summed E-state index contributed by atoms with van der Waals surface area (Å²) in [6.07, 6.45) is 3.45. The van der Waals surface area contributed by atoms with E-state index in [1.165, 1.54) is 12.1 Å². The molecular weight excluding hydrogens is 349 g/mol. The lowest BCUT2D eigenvalue weighted by molar-refractivity contribution is 0.00647. The molecule has 0 saturated heterocycles. The summed E-state index contributed by atoms with van der Waals surface area (Å²) in [4.78, 5) is 20.8. The van der Waals surface area contributed by atoms with E-state index < -0.39 is 17.4 Å². The number of benzene rings is 1. The molecule has 7 heteroatoms. The third kappa shape index (κ3) is 4.42. The molecule has 2 atom stereocenters. The van der Waals surface area contributed by atoms with Crippen molar-refractivity contribution in [2.24, 2.45) is 0 Å². The highest BCUT2D eigenvalue weighted by atomic mass is 19.1. The molecule has 0 unspecified atom stereocenters. The van der Waals surface area contributed by atoms with Crippen LogP contribution in [0.1, 0.15) is 62.0 Å². The van der Waals surface area contributed by atoms with Crippen LogP contribution in [0.2, 0.25) is 0 Å². The first kappa shape index (κ1) is 19.2. The van der Waals surface area contributed by atoms with Gasteiger partial charge in [0.2, 0.25) is 0 Å². The number of aromatic nitrogens is 2. The molecule has 3 N–H and O–H groups in total. The lowest BCUT2D eigenvalue weighted by Crippen LogP contribution is -2.24. The Morgan fingerprint density at radius 1 is 1.33 bits per heavy atom. The van der Waals surface area contributed by atoms with Gasteiger partial charge >= 0.3 is 5.97 Å². The molecule has 1 aromatic carbocycles. The number of halogens is 1. The summed E-state index contributed by atoms with van der Waals surface area (Å²) in [5.41, 5.74) is 6.62. The monoisotopic (exact) mass is 373 g/mol. The van der Waals surface area contributed by atoms with E-state index in [0.29, 0.717) is 17.7 Å². The number of hydrogen-bond acceptors (Lipinski definition) is 6. The molecule has 2 aromatic rings. The molecule has 6 nitrogen and oxygen atoms in total. The zero-order chi connectivity index (χ0) is 19.8. The van der Waals surface area contributed by atoms with Crippen molar-refractivity contribution in [2.75, 3.05) is 5.73 Å². The fourth-order valence-corrected chi connectivity index (χ4v) is 3.21. The summed E-state index contributed by atoms with van der Waals surface area (Å²) in [6.45, 7) is 5.16. The summed E-state index contributed by atoms with van der Waals surface area (Å²) >= 11 is 0. The second-order valence-corrected chi connectivity index (χ2v) is 7.89. The van der Waals surface area contributed by atoms with Gasteiger partial charge in [-0.3, -0.25) is 0 Å². The Bertz CT molecular complexity index is 864. The highest BCUT2D eigenvalue weighted by Gasteiger charge is 2.26. The summed E-state index contributed by atoms with van der Waals surface area (Å²) in [7, 11) is 0. The van der Waals surface area contributed by atoms with Gasteiger partial charge in [0.15, 0.2) is 0 Å². The van der Waals surface area contributed by atoms with Crippen LogP contribution in [0.5, 0.6) is 0 Å². The van der Waals surface area contributed by atoms with Crippen molar-refractivity contribution in [3.63, 3.8) is 0 Å². The van der Waals surface area contributed by atoms with Crippen molar-refractivity contribution in [1.82, 2.24) is 9.97 Å². The van der Waals surface area contributed by atoms with Crippen LogP contribution in [-0.2, 0) is 4.74 Å². The van der Waals surface area contributed by atoms with E-state index in [9.17, 15) is 14.3 Å². The van der Waals surface area contributed by atoms with Crippen molar-refractivity contribution in [3.05, 3.63) is 41.5 Å². The predicted molar refractivity (Wildman–Crippen MR) is 99.6 cm³/mol. The lowest BCUT2D eigenvalue weighted by Gasteiger charge is -2.19. The van der Waals surface area contributed by atoms with Gasteiger partial charge in [0.05, 0.1) is 23.6 Å². The first-order valence-corrected chi connectivity index (χ1v) is 8.98. The number of nitrogen functional groups attached to an aromatic ring is 1. The molecular formula is C20H24FN3O3. The van der Waals surface area contributed by atoms with Crippen LogP contribution in [0, 0.1) is 5.82 Å². The first-order chi connectivity index (χ1) is 12.6. The van der Waals surface area contributed by atoms with Crippen molar-refractivity contribution < 1.29 is 19.0 Å². The number of carbonyl (C=O) groups is 1. The van der Waals surface area contributed by atoms with Crippen molar-refractivity contribution in [3.8, 4) is 11.3 Å². The Morgan fingerprint density at radius 2 is 2.07 bits per heavy atom. The van der Waals surface area contributed by atoms with E-state index in [1.807, 2.05) is 0 Å². The fraction of sp³-hybridized carbons (Fsp3) is 0.450. The van der Waals surface area contributed by atoms with Crippen LogP contribution in [0.15, 0.2) is 24.4 Å². The molecule has 27 heavy (non-hydrogen) atoms. The molecule has 0 radical (unpaired) electrons. The standard InChI is InChI=1S/C20H24FN3O3/c1-20(2,3)27-19(26)14-7-5-12(9-15(14)21)17-18(22)23-10-16(24-17)11-4-6-13(25)8-11/h5,7,9-11,13,25H,4,6,8H2,1-3H3,(H2,22,23)/t11-,13+/m1/s1. The number of ether oxygens (including phenoxy) is 1. The van der Waals surface area contributed by atoms with Crippen LogP contribution in [0.25, 0.3) is 11.3 Å². The van der Waals surface area contributed by atoms with E-state index in [4.69, 9.17) is 10.5 Å². The van der Waals surface area contributed by atoms with E-state index in [1.54, 1.807) is 33.0 Å². The summed E-state index contributed by atoms with van der Waals surface area (Å²) in [6, 6.07) is 4.16. The molecule has 144 valence electrons. The molecule has 1 heterocycles. The number of aliphatic hydroxyl groups excluding tert-OH is 1. The van der Waals surface area contributed by atoms with Gasteiger partial charge in [-0.2, -0.15) is 0 Å². The van der Waals surface area contributed by atoms with Gasteiger partial charge < -0.3 is 15.6 Å². The van der Waals surface area contributed by atoms with Crippen LogP contribution < -0.4 is 5.73 Å². The quantitative estimate of drug-likeness (QED) is 0.800. The summed E-state index contributed by atoms with van der Waals surface area (Å²) in [5, 5.41) is 9.74. The van der Waals surface area contributed by atoms with Gasteiger partial charge in [-0.1, -0.05) is 6.07 Å². The Hall–Kier alpha value is -2.54. The lowest BCUT2D eigenvalue weighted by atomic mass is 10.0. The SMILES string of the molecule is CC(C)(C)OC(=O)c1ccc(-c2nc([C@@H]3CC[C@H](O)C3)cnc2N)cc1F. The van der Waals surface area contributed by atoms with Crippen molar-refractivity contribution in [1.29, 1.82) is 0 Å². The maximum Gasteiger partial charge on any atom is 0.341 e. The molecule has 0 spiro atoms. The zero-order valence-electron chi connectivity index (χ0n) is 15.7. The maximum atomic E-state index is 14.5.